The highest BCUT2D eigenvalue weighted by molar-refractivity contribution is 7.69. The molecule has 0 saturated carbocycles. The highest BCUT2D eigenvalue weighted by atomic mass is 35.5. The first kappa shape index (κ1) is 23.4. The lowest BCUT2D eigenvalue weighted by Crippen LogP contribution is -2.42. The van der Waals surface area contributed by atoms with E-state index in [1.54, 1.807) is 19.1 Å². The molecule has 1 aromatic carbocycles. The number of benzene rings is 1. The highest BCUT2D eigenvalue weighted by Crippen LogP contribution is 2.32. The summed E-state index contributed by atoms with van der Waals surface area (Å²) >= 11 is 5.75. The van der Waals surface area contributed by atoms with E-state index in [1.807, 2.05) is 20.8 Å². The van der Waals surface area contributed by atoms with Gasteiger partial charge in [0, 0.05) is 23.5 Å². The summed E-state index contributed by atoms with van der Waals surface area (Å²) in [5, 5.41) is 2.68. The van der Waals surface area contributed by atoms with Crippen molar-refractivity contribution >= 4 is 34.6 Å². The Hall–Kier alpha value is -1.84. The Morgan fingerprint density at radius 3 is 2.66 bits per heavy atom. The van der Waals surface area contributed by atoms with Gasteiger partial charge < -0.3 is 14.8 Å². The maximum Gasteiger partial charge on any atom is 0.407 e. The molecule has 0 fully saturated rings. The molecule has 162 valence electrons. The monoisotopic (exact) mass is 446 g/mol. The summed E-state index contributed by atoms with van der Waals surface area (Å²) in [4.78, 5) is 23.9. The third-order valence-electron chi connectivity index (χ3n) is 4.51. The number of esters is 1. The number of hydrogen-bond acceptors (Lipinski definition) is 6. The third-order valence-corrected chi connectivity index (χ3v) is 5.67. The van der Waals surface area contributed by atoms with E-state index in [0.29, 0.717) is 23.4 Å². The van der Waals surface area contributed by atoms with Crippen LogP contribution in [0.2, 0.25) is 0 Å². The number of nitrogens with zero attached hydrogens (tertiary/aromatic N) is 1. The number of hydrogen-bond donors (Lipinski definition) is 2. The number of carbonyl (C=O) groups is 2. The van der Waals surface area contributed by atoms with Gasteiger partial charge in [-0.15, -0.1) is 11.6 Å². The molecule has 1 aliphatic heterocycles. The molecule has 0 aliphatic carbocycles. The molecular weight excluding hydrogens is 420 g/mol. The van der Waals surface area contributed by atoms with E-state index in [9.17, 15) is 18.0 Å². The van der Waals surface area contributed by atoms with Gasteiger partial charge >= 0.3 is 12.1 Å². The van der Waals surface area contributed by atoms with Gasteiger partial charge in [-0.2, -0.15) is 4.31 Å². The number of fused-ring (bicyclic) bond motifs is 1. The highest BCUT2D eigenvalue weighted by Gasteiger charge is 2.30. The summed E-state index contributed by atoms with van der Waals surface area (Å²) in [5.41, 5.74) is 2.09. The van der Waals surface area contributed by atoms with Crippen molar-refractivity contribution < 1.29 is 27.5 Å². The summed E-state index contributed by atoms with van der Waals surface area (Å²) in [6.07, 6.45) is -0.195. The van der Waals surface area contributed by atoms with Crippen molar-refractivity contribution in [3.63, 3.8) is 0 Å². The Morgan fingerprint density at radius 1 is 1.38 bits per heavy atom. The lowest BCUT2D eigenvalue weighted by molar-refractivity contribution is 0.0534. The van der Waals surface area contributed by atoms with Gasteiger partial charge in [0.1, 0.15) is 13.2 Å². The van der Waals surface area contributed by atoms with Gasteiger partial charge in [0.2, 0.25) is 10.9 Å². The van der Waals surface area contributed by atoms with Crippen molar-refractivity contribution in [2.24, 2.45) is 0 Å². The average Bonchev–Trinajstić information content (AvgIpc) is 2.99. The quantitative estimate of drug-likeness (QED) is 0.361. The zero-order chi connectivity index (χ0) is 21.8. The molecule has 0 saturated heterocycles. The summed E-state index contributed by atoms with van der Waals surface area (Å²) in [6.45, 7) is 7.39. The van der Waals surface area contributed by atoms with E-state index in [-0.39, 0.29) is 19.8 Å². The number of rotatable bonds is 8. The van der Waals surface area contributed by atoms with Gasteiger partial charge in [-0.25, -0.2) is 18.0 Å². The molecule has 29 heavy (non-hydrogen) atoms. The Morgan fingerprint density at radius 2 is 2.07 bits per heavy atom. The second-order valence-corrected chi connectivity index (χ2v) is 9.18. The van der Waals surface area contributed by atoms with Crippen LogP contribution in [0, 0.1) is 6.92 Å². The van der Waals surface area contributed by atoms with Gasteiger partial charge in [0.05, 0.1) is 11.6 Å². The number of nitrogens with one attached hydrogen (secondary N) is 1. The van der Waals surface area contributed by atoms with E-state index in [0.717, 1.165) is 11.1 Å². The summed E-state index contributed by atoms with van der Waals surface area (Å²) in [6, 6.07) is 2.56. The molecule has 0 spiro atoms. The summed E-state index contributed by atoms with van der Waals surface area (Å²) in [7, 11) is -2.96. The molecule has 2 rings (SSSR count). The number of carbonyl (C=O) groups excluding carboxylic acids is 2. The van der Waals surface area contributed by atoms with Crippen LogP contribution in [0.15, 0.2) is 12.1 Å². The maximum atomic E-state index is 12.1. The minimum absolute atomic E-state index is 0.136. The number of amides is 1. The van der Waals surface area contributed by atoms with Crippen LogP contribution < -0.4 is 5.32 Å². The molecule has 0 aromatic heterocycles. The summed E-state index contributed by atoms with van der Waals surface area (Å²) < 4.78 is 35.6. The van der Waals surface area contributed by atoms with Crippen LogP contribution in [-0.2, 0) is 27.0 Å². The fourth-order valence-corrected chi connectivity index (χ4v) is 3.98. The molecule has 10 heteroatoms. The molecule has 0 bridgehead atoms. The Balaban J connectivity index is 2.37. The number of cyclic esters (lactones) is 1. The van der Waals surface area contributed by atoms with Gasteiger partial charge in [0.25, 0.3) is 0 Å². The van der Waals surface area contributed by atoms with Crippen molar-refractivity contribution in [2.45, 2.75) is 52.3 Å². The van der Waals surface area contributed by atoms with Gasteiger partial charge in [-0.05, 0) is 51.3 Å². The van der Waals surface area contributed by atoms with Gasteiger partial charge in [-0.1, -0.05) is 6.07 Å². The van der Waals surface area contributed by atoms with E-state index in [1.165, 1.54) is 4.31 Å². The van der Waals surface area contributed by atoms with Crippen LogP contribution in [0.25, 0.3) is 0 Å². The fraction of sp³-hybridized carbons (Fsp3) is 0.579. The molecule has 1 amide bonds. The van der Waals surface area contributed by atoms with E-state index in [2.05, 4.69) is 5.32 Å². The fourth-order valence-electron chi connectivity index (χ4n) is 3.13. The van der Waals surface area contributed by atoms with E-state index < -0.39 is 34.5 Å². The van der Waals surface area contributed by atoms with Gasteiger partial charge in [-0.3, -0.25) is 0 Å². The smallest absolute Gasteiger partial charge is 0.407 e. The van der Waals surface area contributed by atoms with Crippen LogP contribution in [0.5, 0.6) is 0 Å². The van der Waals surface area contributed by atoms with Crippen molar-refractivity contribution in [1.82, 2.24) is 9.62 Å². The zero-order valence-corrected chi connectivity index (χ0v) is 18.6. The number of ether oxygens (including phenoxy) is 2. The van der Waals surface area contributed by atoms with Crippen LogP contribution in [-0.4, -0.2) is 49.4 Å². The van der Waals surface area contributed by atoms with Crippen LogP contribution in [0.4, 0.5) is 4.79 Å². The Labute approximate surface area is 177 Å². The molecule has 0 radical (unpaired) electrons. The van der Waals surface area contributed by atoms with Crippen molar-refractivity contribution in [3.8, 4) is 0 Å². The second-order valence-electron chi connectivity index (χ2n) is 7.81. The Bertz CT molecular complexity index is 842. The maximum absolute atomic E-state index is 12.1. The minimum atomic E-state index is -2.96. The number of halogens is 1. The lowest BCUT2D eigenvalue weighted by Gasteiger charge is -2.29. The molecule has 1 atom stereocenters. The van der Waals surface area contributed by atoms with Crippen LogP contribution >= 0.6 is 11.6 Å². The predicted octanol–water partition coefficient (Wildman–Crippen LogP) is 2.69. The number of alkyl carbamates (subject to hydrolysis) is 1. The first-order chi connectivity index (χ1) is 13.5. The van der Waals surface area contributed by atoms with E-state index in [4.69, 9.17) is 21.1 Å². The first-order valence-electron chi connectivity index (χ1n) is 9.26. The van der Waals surface area contributed by atoms with E-state index >= 15 is 0 Å². The topological polar surface area (TPSA) is 102 Å². The molecule has 0 unspecified atom stereocenters. The zero-order valence-electron chi connectivity index (χ0n) is 17.0. The molecule has 1 heterocycles. The van der Waals surface area contributed by atoms with Crippen LogP contribution in [0.1, 0.15) is 60.3 Å². The number of alkyl halides is 1. The number of thiol groups is 1. The van der Waals surface area contributed by atoms with Crippen molar-refractivity contribution in [3.05, 3.63) is 34.4 Å². The predicted molar refractivity (Wildman–Crippen MR) is 110 cm³/mol. The van der Waals surface area contributed by atoms with Crippen molar-refractivity contribution in [1.29, 1.82) is 0 Å². The molecule has 1 aliphatic rings. The molecule has 1 aromatic rings. The standard InChI is InChI=1S/C19H27ClN2O6S/c1-12-13(6-7-14-15(12)10-27-17(14)23)16(22(29(25)26)9-5-8-20)11-28-18(24)21-19(2,3)4/h6-7,16,29H,5,8-11H2,1-4H3,(H,21,24)/t16-/m0/s1. The van der Waals surface area contributed by atoms with Crippen molar-refractivity contribution in [2.75, 3.05) is 19.0 Å². The van der Waals surface area contributed by atoms with Gasteiger partial charge in [0.15, 0.2) is 0 Å². The molecule has 8 nitrogen and oxygen atoms in total. The lowest BCUT2D eigenvalue weighted by atomic mass is 9.94. The first-order valence-corrected chi connectivity index (χ1v) is 10.9. The molecule has 1 N–H and O–H groups in total. The summed E-state index contributed by atoms with van der Waals surface area (Å²) in [5.74, 6) is -0.107. The largest absolute Gasteiger partial charge is 0.457 e. The average molecular weight is 447 g/mol. The second kappa shape index (κ2) is 9.77. The van der Waals surface area contributed by atoms with Crippen LogP contribution in [0.3, 0.4) is 0 Å². The minimum Gasteiger partial charge on any atom is -0.457 e. The SMILES string of the molecule is Cc1c([C@H](COC(=O)NC(C)(C)C)N(CCCCl)[SH](=O)=O)ccc2c1COC2=O. The third kappa shape index (κ3) is 6.07. The molecular formula is C19H27ClN2O6S. The normalized spacial score (nSPS) is 14.7. The Kier molecular flexibility index (Phi) is 7.90.